The lowest BCUT2D eigenvalue weighted by atomic mass is 10.1. The second-order valence-electron chi connectivity index (χ2n) is 4.10. The lowest BCUT2D eigenvalue weighted by molar-refractivity contribution is 0.474. The third-order valence-corrected chi connectivity index (χ3v) is 4.90. The fourth-order valence-corrected chi connectivity index (χ4v) is 3.43. The predicted molar refractivity (Wildman–Crippen MR) is 72.6 cm³/mol. The summed E-state index contributed by atoms with van der Waals surface area (Å²) >= 11 is 14.0. The minimum Gasteiger partial charge on any atom is -0.336 e. The van der Waals surface area contributed by atoms with Crippen LogP contribution < -0.4 is 5.32 Å². The molecule has 0 atom stereocenters. The van der Waals surface area contributed by atoms with Crippen molar-refractivity contribution in [3.63, 3.8) is 0 Å². The van der Waals surface area contributed by atoms with Crippen molar-refractivity contribution in [3.8, 4) is 0 Å². The van der Waals surface area contributed by atoms with E-state index >= 15 is 0 Å². The fraction of sp³-hybridized carbons (Fsp3) is 0.636. The molecule has 2 rings (SSSR count). The molecule has 2 nitrogen and oxygen atoms in total. The lowest BCUT2D eigenvalue weighted by Crippen LogP contribution is -2.32. The van der Waals surface area contributed by atoms with Crippen molar-refractivity contribution in [3.05, 3.63) is 21.9 Å². The van der Waals surface area contributed by atoms with Gasteiger partial charge in [0.1, 0.15) is 5.15 Å². The first-order chi connectivity index (χ1) is 7.68. The first-order valence-corrected chi connectivity index (χ1v) is 7.40. The summed E-state index contributed by atoms with van der Waals surface area (Å²) in [6.45, 7) is 0.846. The summed E-state index contributed by atoms with van der Waals surface area (Å²) in [6.07, 6.45) is 2.52. The zero-order valence-electron chi connectivity index (χ0n) is 9.30. The van der Waals surface area contributed by atoms with Crippen LogP contribution in [0.2, 0.25) is 10.2 Å². The fourth-order valence-electron chi connectivity index (χ4n) is 1.91. The molecule has 2 heterocycles. The Balaban J connectivity index is 1.91. The molecule has 16 heavy (non-hydrogen) atoms. The Labute approximate surface area is 111 Å². The zero-order valence-corrected chi connectivity index (χ0v) is 11.6. The topological polar surface area (TPSA) is 17.0 Å². The van der Waals surface area contributed by atoms with Gasteiger partial charge in [0.05, 0.1) is 5.02 Å². The second kappa shape index (κ2) is 5.67. The van der Waals surface area contributed by atoms with Crippen LogP contribution in [-0.4, -0.2) is 22.1 Å². The van der Waals surface area contributed by atoms with Crippen molar-refractivity contribution in [2.45, 2.75) is 25.4 Å². The van der Waals surface area contributed by atoms with E-state index in [1.165, 1.54) is 24.3 Å². The lowest BCUT2D eigenvalue weighted by Gasteiger charge is -2.22. The number of hydrogen-bond donors (Lipinski definition) is 1. The minimum atomic E-state index is 0.623. The van der Waals surface area contributed by atoms with Gasteiger partial charge in [-0.1, -0.05) is 23.2 Å². The number of rotatable bonds is 3. The highest BCUT2D eigenvalue weighted by Crippen LogP contribution is 2.25. The van der Waals surface area contributed by atoms with E-state index in [4.69, 9.17) is 23.2 Å². The Morgan fingerprint density at radius 1 is 1.44 bits per heavy atom. The molecule has 5 heteroatoms. The van der Waals surface area contributed by atoms with E-state index in [9.17, 15) is 0 Å². The molecule has 0 unspecified atom stereocenters. The van der Waals surface area contributed by atoms with E-state index in [0.29, 0.717) is 16.2 Å². The largest absolute Gasteiger partial charge is 0.336 e. The Bertz CT molecular complexity index is 359. The molecule has 1 aliphatic heterocycles. The molecular weight excluding hydrogens is 263 g/mol. The molecular formula is C11H16Cl2N2S. The molecule has 1 aliphatic rings. The Morgan fingerprint density at radius 3 is 2.69 bits per heavy atom. The Morgan fingerprint density at radius 2 is 2.12 bits per heavy atom. The highest BCUT2D eigenvalue weighted by molar-refractivity contribution is 7.99. The third kappa shape index (κ3) is 2.89. The summed E-state index contributed by atoms with van der Waals surface area (Å²) in [4.78, 5) is 0. The monoisotopic (exact) mass is 278 g/mol. The first kappa shape index (κ1) is 12.6. The van der Waals surface area contributed by atoms with Gasteiger partial charge >= 0.3 is 0 Å². The number of hydrogen-bond acceptors (Lipinski definition) is 2. The van der Waals surface area contributed by atoms with Crippen molar-refractivity contribution >= 4 is 35.0 Å². The maximum absolute atomic E-state index is 6.02. The molecule has 1 aromatic heterocycles. The predicted octanol–water partition coefficient (Wildman–Crippen LogP) is 3.32. The van der Waals surface area contributed by atoms with Crippen LogP contribution in [0.1, 0.15) is 18.5 Å². The average Bonchev–Trinajstić information content (AvgIpc) is 2.56. The number of nitrogens with zero attached hydrogens (tertiary/aromatic N) is 1. The van der Waals surface area contributed by atoms with Gasteiger partial charge in [0, 0.05) is 25.3 Å². The standard InChI is InChI=1S/C11H16Cl2N2S/c1-15-9(6-10(12)11(15)13)7-14-8-2-4-16-5-3-8/h6,8,14H,2-5,7H2,1H3. The number of nitrogens with one attached hydrogen (secondary N) is 1. The van der Waals surface area contributed by atoms with Gasteiger partial charge in [-0.3, -0.25) is 0 Å². The summed E-state index contributed by atoms with van der Waals surface area (Å²) < 4.78 is 1.94. The minimum absolute atomic E-state index is 0.623. The maximum Gasteiger partial charge on any atom is 0.127 e. The molecule has 0 saturated carbocycles. The molecule has 1 N–H and O–H groups in total. The molecule has 90 valence electrons. The van der Waals surface area contributed by atoms with E-state index in [-0.39, 0.29) is 0 Å². The van der Waals surface area contributed by atoms with Gasteiger partial charge in [0.2, 0.25) is 0 Å². The SMILES string of the molecule is Cn1c(CNC2CCSCC2)cc(Cl)c1Cl. The molecule has 0 amide bonds. The Hall–Kier alpha value is 0.170. The summed E-state index contributed by atoms with van der Waals surface area (Å²) in [5.74, 6) is 2.54. The van der Waals surface area contributed by atoms with Crippen LogP contribution in [0.5, 0.6) is 0 Å². The van der Waals surface area contributed by atoms with Gasteiger partial charge in [-0.05, 0) is 30.4 Å². The highest BCUT2D eigenvalue weighted by atomic mass is 35.5. The maximum atomic E-state index is 6.02. The van der Waals surface area contributed by atoms with Gasteiger partial charge in [-0.15, -0.1) is 0 Å². The van der Waals surface area contributed by atoms with Gasteiger partial charge in [0.15, 0.2) is 0 Å². The van der Waals surface area contributed by atoms with Gasteiger partial charge in [-0.2, -0.15) is 11.8 Å². The average molecular weight is 279 g/mol. The summed E-state index contributed by atoms with van der Waals surface area (Å²) in [5.41, 5.74) is 1.15. The van der Waals surface area contributed by atoms with Gasteiger partial charge in [0.25, 0.3) is 0 Å². The molecule has 0 spiro atoms. The quantitative estimate of drug-likeness (QED) is 0.914. The van der Waals surface area contributed by atoms with E-state index in [0.717, 1.165) is 12.2 Å². The summed E-state index contributed by atoms with van der Waals surface area (Å²) in [7, 11) is 1.95. The first-order valence-electron chi connectivity index (χ1n) is 5.49. The number of aromatic nitrogens is 1. The highest BCUT2D eigenvalue weighted by Gasteiger charge is 2.14. The number of halogens is 2. The van der Waals surface area contributed by atoms with Crippen LogP contribution in [0.3, 0.4) is 0 Å². The smallest absolute Gasteiger partial charge is 0.127 e. The molecule has 1 aromatic rings. The van der Waals surface area contributed by atoms with Gasteiger partial charge < -0.3 is 9.88 Å². The molecule has 0 radical (unpaired) electrons. The van der Waals surface area contributed by atoms with Crippen molar-refractivity contribution < 1.29 is 0 Å². The van der Waals surface area contributed by atoms with E-state index in [1.54, 1.807) is 0 Å². The second-order valence-corrected chi connectivity index (χ2v) is 6.09. The normalized spacial score (nSPS) is 17.9. The van der Waals surface area contributed by atoms with Crippen LogP contribution in [0.25, 0.3) is 0 Å². The zero-order chi connectivity index (χ0) is 11.5. The van der Waals surface area contributed by atoms with Crippen LogP contribution in [-0.2, 0) is 13.6 Å². The summed E-state index contributed by atoms with van der Waals surface area (Å²) in [6, 6.07) is 2.59. The molecule has 0 bridgehead atoms. The molecule has 1 saturated heterocycles. The molecule has 1 fully saturated rings. The molecule has 0 aliphatic carbocycles. The van der Waals surface area contributed by atoms with Crippen LogP contribution >= 0.6 is 35.0 Å². The van der Waals surface area contributed by atoms with Crippen LogP contribution in [0.15, 0.2) is 6.07 Å². The van der Waals surface area contributed by atoms with Crippen molar-refractivity contribution in [1.29, 1.82) is 0 Å². The van der Waals surface area contributed by atoms with Crippen LogP contribution in [0.4, 0.5) is 0 Å². The van der Waals surface area contributed by atoms with E-state index in [2.05, 4.69) is 5.32 Å². The van der Waals surface area contributed by atoms with Crippen molar-refractivity contribution in [2.24, 2.45) is 7.05 Å². The third-order valence-electron chi connectivity index (χ3n) is 3.01. The number of thioether (sulfide) groups is 1. The summed E-state index contributed by atoms with van der Waals surface area (Å²) in [5, 5.41) is 4.83. The van der Waals surface area contributed by atoms with Crippen molar-refractivity contribution in [2.75, 3.05) is 11.5 Å². The van der Waals surface area contributed by atoms with Crippen molar-refractivity contribution in [1.82, 2.24) is 9.88 Å². The van der Waals surface area contributed by atoms with E-state index in [1.807, 2.05) is 29.4 Å². The van der Waals surface area contributed by atoms with E-state index < -0.39 is 0 Å². The van der Waals surface area contributed by atoms with Gasteiger partial charge in [-0.25, -0.2) is 0 Å². The Kier molecular flexibility index (Phi) is 4.48. The van der Waals surface area contributed by atoms with Crippen LogP contribution in [0, 0.1) is 0 Å². The molecule has 0 aromatic carbocycles.